The van der Waals surface area contributed by atoms with Crippen LogP contribution in [-0.2, 0) is 16.6 Å². The Balaban J connectivity index is 1.45. The zero-order valence-corrected chi connectivity index (χ0v) is 20.3. The summed E-state index contributed by atoms with van der Waals surface area (Å²) in [5.41, 5.74) is 2.75. The van der Waals surface area contributed by atoms with Gasteiger partial charge in [-0.15, -0.1) is 11.3 Å². The molecule has 0 aliphatic rings. The molecule has 3 aromatic carbocycles. The maximum absolute atomic E-state index is 12.9. The minimum Gasteiger partial charge on any atom is -0.496 e. The van der Waals surface area contributed by atoms with Gasteiger partial charge in [-0.2, -0.15) is 4.31 Å². The number of anilines is 1. The summed E-state index contributed by atoms with van der Waals surface area (Å²) < 4.78 is 32.5. The number of carbonyl (C=O) groups is 1. The van der Waals surface area contributed by atoms with E-state index in [1.165, 1.54) is 47.0 Å². The van der Waals surface area contributed by atoms with Crippen LogP contribution in [-0.4, -0.2) is 37.8 Å². The third kappa shape index (κ3) is 5.17. The van der Waals surface area contributed by atoms with Crippen LogP contribution >= 0.6 is 11.3 Å². The second-order valence-electron chi connectivity index (χ2n) is 7.46. The number of carbonyl (C=O) groups excluding carboxylic acids is 1. The topological polar surface area (TPSA) is 88.6 Å². The summed E-state index contributed by atoms with van der Waals surface area (Å²) in [4.78, 5) is 17.3. The average Bonchev–Trinajstić information content (AvgIpc) is 3.32. The highest BCUT2D eigenvalue weighted by molar-refractivity contribution is 7.89. The molecule has 1 heterocycles. The van der Waals surface area contributed by atoms with Crippen LogP contribution in [0.2, 0.25) is 0 Å². The Morgan fingerprint density at radius 2 is 1.68 bits per heavy atom. The normalized spacial score (nSPS) is 11.4. The van der Waals surface area contributed by atoms with Gasteiger partial charge in [0.25, 0.3) is 5.91 Å². The van der Waals surface area contributed by atoms with Crippen LogP contribution < -0.4 is 10.1 Å². The smallest absolute Gasteiger partial charge is 0.257 e. The summed E-state index contributed by atoms with van der Waals surface area (Å²) in [6.45, 7) is 0.254. The van der Waals surface area contributed by atoms with Crippen molar-refractivity contribution in [3.05, 3.63) is 95.4 Å². The number of methoxy groups -OCH3 is 1. The molecule has 0 atom stereocenters. The highest BCUT2D eigenvalue weighted by Crippen LogP contribution is 2.32. The molecular weight excluding hydrogens is 470 g/mol. The van der Waals surface area contributed by atoms with Gasteiger partial charge < -0.3 is 4.74 Å². The molecule has 0 radical (unpaired) electrons. The zero-order valence-electron chi connectivity index (χ0n) is 18.6. The molecule has 174 valence electrons. The first-order chi connectivity index (χ1) is 16.4. The molecule has 4 aromatic rings. The number of aromatic nitrogens is 1. The maximum atomic E-state index is 12.9. The summed E-state index contributed by atoms with van der Waals surface area (Å²) in [5.74, 6) is 0.322. The van der Waals surface area contributed by atoms with Gasteiger partial charge in [-0.3, -0.25) is 10.1 Å². The number of thiazole rings is 1. The van der Waals surface area contributed by atoms with Gasteiger partial charge in [0.2, 0.25) is 10.0 Å². The molecule has 4 rings (SSSR count). The fourth-order valence-electron chi connectivity index (χ4n) is 3.36. The van der Waals surface area contributed by atoms with E-state index in [1.807, 2.05) is 60.0 Å². The number of nitrogens with zero attached hydrogens (tertiary/aromatic N) is 2. The van der Waals surface area contributed by atoms with Crippen molar-refractivity contribution in [2.24, 2.45) is 0 Å². The van der Waals surface area contributed by atoms with Crippen LogP contribution in [0.3, 0.4) is 0 Å². The van der Waals surface area contributed by atoms with Crippen molar-refractivity contribution < 1.29 is 17.9 Å². The number of ether oxygens (including phenoxy) is 1. The quantitative estimate of drug-likeness (QED) is 0.378. The lowest BCUT2D eigenvalue weighted by Gasteiger charge is -2.17. The van der Waals surface area contributed by atoms with Crippen molar-refractivity contribution in [3.63, 3.8) is 0 Å². The van der Waals surface area contributed by atoms with Gasteiger partial charge in [0.05, 0.1) is 17.7 Å². The fourth-order valence-corrected chi connectivity index (χ4v) is 5.23. The van der Waals surface area contributed by atoms with E-state index in [0.717, 1.165) is 11.1 Å². The lowest BCUT2D eigenvalue weighted by Crippen LogP contribution is -2.26. The van der Waals surface area contributed by atoms with Crippen LogP contribution in [0.1, 0.15) is 15.9 Å². The van der Waals surface area contributed by atoms with Gasteiger partial charge in [0.15, 0.2) is 5.13 Å². The highest BCUT2D eigenvalue weighted by Gasteiger charge is 2.21. The Kier molecular flexibility index (Phi) is 7.06. The van der Waals surface area contributed by atoms with Gasteiger partial charge >= 0.3 is 0 Å². The molecule has 34 heavy (non-hydrogen) atoms. The molecule has 0 fully saturated rings. The summed E-state index contributed by atoms with van der Waals surface area (Å²) in [6.07, 6.45) is 0. The fraction of sp³-hybridized carbons (Fsp3) is 0.120. The van der Waals surface area contributed by atoms with E-state index < -0.39 is 10.0 Å². The van der Waals surface area contributed by atoms with Crippen LogP contribution in [0.15, 0.2) is 89.1 Å². The van der Waals surface area contributed by atoms with E-state index in [-0.39, 0.29) is 17.3 Å². The summed E-state index contributed by atoms with van der Waals surface area (Å²) in [6, 6.07) is 22.7. The van der Waals surface area contributed by atoms with E-state index >= 15 is 0 Å². The Labute approximate surface area is 202 Å². The Hall–Kier alpha value is -3.53. The molecule has 0 aliphatic heterocycles. The molecule has 0 bridgehead atoms. The molecule has 0 saturated carbocycles. The number of sulfonamides is 1. The standard InChI is InChI=1S/C25H23N3O4S2/c1-28(16-18-8-4-3-5-9-18)34(30,31)20-14-12-19(13-15-20)24(29)27-25-26-22(17-33-25)21-10-6-7-11-23(21)32-2/h3-15,17H,16H2,1-2H3,(H,26,27,29). The molecule has 7 nitrogen and oxygen atoms in total. The molecule has 1 amide bonds. The number of amides is 1. The third-order valence-corrected chi connectivity index (χ3v) is 7.76. The van der Waals surface area contributed by atoms with Crippen molar-refractivity contribution in [1.29, 1.82) is 0 Å². The van der Waals surface area contributed by atoms with Gasteiger partial charge in [-0.05, 0) is 42.0 Å². The van der Waals surface area contributed by atoms with Crippen molar-refractivity contribution in [3.8, 4) is 17.0 Å². The Morgan fingerprint density at radius 3 is 2.38 bits per heavy atom. The molecular formula is C25H23N3O4S2. The minimum atomic E-state index is -3.69. The van der Waals surface area contributed by atoms with Crippen molar-refractivity contribution >= 4 is 32.4 Å². The molecule has 0 aliphatic carbocycles. The van der Waals surface area contributed by atoms with Gasteiger partial charge in [0.1, 0.15) is 5.75 Å². The van der Waals surface area contributed by atoms with Gasteiger partial charge in [-0.25, -0.2) is 13.4 Å². The average molecular weight is 494 g/mol. The number of para-hydroxylation sites is 1. The van der Waals surface area contributed by atoms with E-state index in [4.69, 9.17) is 4.74 Å². The number of nitrogens with one attached hydrogen (secondary N) is 1. The van der Waals surface area contributed by atoms with E-state index in [2.05, 4.69) is 10.3 Å². The second kappa shape index (κ2) is 10.2. The van der Waals surface area contributed by atoms with E-state index in [1.54, 1.807) is 7.11 Å². The van der Waals surface area contributed by atoms with Crippen LogP contribution in [0.5, 0.6) is 5.75 Å². The van der Waals surface area contributed by atoms with Gasteiger partial charge in [0, 0.05) is 30.1 Å². The number of hydrogen-bond acceptors (Lipinski definition) is 6. The summed E-state index contributed by atoms with van der Waals surface area (Å²) >= 11 is 1.30. The summed E-state index contributed by atoms with van der Waals surface area (Å²) in [7, 11) is -0.566. The highest BCUT2D eigenvalue weighted by atomic mass is 32.2. The predicted octanol–water partition coefficient (Wildman–Crippen LogP) is 4.89. The molecule has 0 spiro atoms. The third-order valence-electron chi connectivity index (χ3n) is 5.18. The van der Waals surface area contributed by atoms with E-state index in [0.29, 0.717) is 22.1 Å². The molecule has 0 unspecified atom stereocenters. The maximum Gasteiger partial charge on any atom is 0.257 e. The van der Waals surface area contributed by atoms with Crippen LogP contribution in [0.4, 0.5) is 5.13 Å². The first-order valence-corrected chi connectivity index (χ1v) is 12.7. The van der Waals surface area contributed by atoms with Crippen LogP contribution in [0.25, 0.3) is 11.3 Å². The number of benzene rings is 3. The summed E-state index contributed by atoms with van der Waals surface area (Å²) in [5, 5.41) is 5.04. The lowest BCUT2D eigenvalue weighted by atomic mass is 10.1. The first-order valence-electron chi connectivity index (χ1n) is 10.4. The van der Waals surface area contributed by atoms with Crippen molar-refractivity contribution in [2.45, 2.75) is 11.4 Å². The predicted molar refractivity (Wildman–Crippen MR) is 134 cm³/mol. The molecule has 0 saturated heterocycles. The number of hydrogen-bond donors (Lipinski definition) is 1. The second-order valence-corrected chi connectivity index (χ2v) is 10.4. The SMILES string of the molecule is COc1ccccc1-c1csc(NC(=O)c2ccc(S(=O)(=O)N(C)Cc3ccccc3)cc2)n1. The minimum absolute atomic E-state index is 0.121. The number of rotatable bonds is 8. The molecule has 1 N–H and O–H groups in total. The van der Waals surface area contributed by atoms with E-state index in [9.17, 15) is 13.2 Å². The van der Waals surface area contributed by atoms with Gasteiger partial charge in [-0.1, -0.05) is 42.5 Å². The lowest BCUT2D eigenvalue weighted by molar-refractivity contribution is 0.102. The zero-order chi connectivity index (χ0) is 24.1. The molecule has 9 heteroatoms. The van der Waals surface area contributed by atoms with Crippen LogP contribution in [0, 0.1) is 0 Å². The monoisotopic (exact) mass is 493 g/mol. The molecule has 1 aromatic heterocycles. The Morgan fingerprint density at radius 1 is 1.00 bits per heavy atom. The van der Waals surface area contributed by atoms with Crippen molar-refractivity contribution in [2.75, 3.05) is 19.5 Å². The first kappa shape index (κ1) is 23.6. The Bertz CT molecular complexity index is 1390. The largest absolute Gasteiger partial charge is 0.496 e. The van der Waals surface area contributed by atoms with Crippen molar-refractivity contribution in [1.82, 2.24) is 9.29 Å².